The van der Waals surface area contributed by atoms with Crippen LogP contribution in [0.1, 0.15) is 12.8 Å². The summed E-state index contributed by atoms with van der Waals surface area (Å²) in [5, 5.41) is 11.8. The van der Waals surface area contributed by atoms with Crippen molar-refractivity contribution in [2.75, 3.05) is 18.5 Å². The lowest BCUT2D eigenvalue weighted by atomic mass is 10.3. The van der Waals surface area contributed by atoms with Gasteiger partial charge in [-0.25, -0.2) is 4.98 Å². The lowest BCUT2D eigenvalue weighted by Crippen LogP contribution is -2.09. The van der Waals surface area contributed by atoms with Crippen molar-refractivity contribution in [2.24, 2.45) is 0 Å². The Morgan fingerprint density at radius 2 is 2.17 bits per heavy atom. The number of hydrogen-bond acceptors (Lipinski definition) is 6. The van der Waals surface area contributed by atoms with Crippen molar-refractivity contribution in [1.82, 2.24) is 24.5 Å². The van der Waals surface area contributed by atoms with Gasteiger partial charge in [-0.15, -0.1) is 0 Å². The first-order valence-corrected chi connectivity index (χ1v) is 5.92. The van der Waals surface area contributed by atoms with Gasteiger partial charge >= 0.3 is 0 Å². The summed E-state index contributed by atoms with van der Waals surface area (Å²) in [5.74, 6) is 0.828. The van der Waals surface area contributed by atoms with Gasteiger partial charge in [-0.05, 0) is 24.4 Å². The number of nitrogens with zero attached hydrogens (tertiary/aromatic N) is 5. The maximum atomic E-state index is 8.68. The van der Waals surface area contributed by atoms with Gasteiger partial charge in [-0.2, -0.15) is 15.0 Å². The predicted molar refractivity (Wildman–Crippen MR) is 66.8 cm³/mol. The minimum absolute atomic E-state index is 0.123. The molecule has 7 nitrogen and oxygen atoms in total. The third kappa shape index (κ3) is 3.38. The van der Waals surface area contributed by atoms with Gasteiger partial charge in [0.1, 0.15) is 6.33 Å². The van der Waals surface area contributed by atoms with Crippen molar-refractivity contribution in [1.29, 1.82) is 0 Å². The quantitative estimate of drug-likeness (QED) is 0.757. The molecule has 96 valence electrons. The molecule has 0 aromatic carbocycles. The molecule has 0 amide bonds. The number of unbranched alkanes of at least 4 members (excludes halogenated alkanes) is 1. The van der Waals surface area contributed by atoms with Crippen molar-refractivity contribution in [2.45, 2.75) is 12.8 Å². The number of rotatable bonds is 6. The maximum absolute atomic E-state index is 8.68. The molecule has 0 aliphatic heterocycles. The Hall–Kier alpha value is -1.73. The fourth-order valence-electron chi connectivity index (χ4n) is 1.35. The number of hydrogen-bond donors (Lipinski definition) is 2. The monoisotopic (exact) mass is 268 g/mol. The molecule has 2 aromatic rings. The zero-order chi connectivity index (χ0) is 12.8. The smallest absolute Gasteiger partial charge is 0.241 e. The fraction of sp³-hybridized carbons (Fsp3) is 0.400. The normalized spacial score (nSPS) is 10.6. The Morgan fingerprint density at radius 3 is 2.89 bits per heavy atom. The molecule has 0 unspecified atom stereocenters. The second-order valence-corrected chi connectivity index (χ2v) is 3.89. The highest BCUT2D eigenvalue weighted by atomic mass is 35.5. The summed E-state index contributed by atoms with van der Waals surface area (Å²) in [7, 11) is 0. The van der Waals surface area contributed by atoms with E-state index in [-0.39, 0.29) is 11.9 Å². The van der Waals surface area contributed by atoms with Gasteiger partial charge in [0, 0.05) is 25.5 Å². The molecule has 2 heterocycles. The molecule has 18 heavy (non-hydrogen) atoms. The summed E-state index contributed by atoms with van der Waals surface area (Å²) < 4.78 is 1.65. The SMILES string of the molecule is OCCCCNc1nc(Cl)nc(-n2ccnc2)n1. The van der Waals surface area contributed by atoms with E-state index in [2.05, 4.69) is 25.3 Å². The number of halogens is 1. The Kier molecular flexibility index (Phi) is 4.43. The zero-order valence-electron chi connectivity index (χ0n) is 9.62. The summed E-state index contributed by atoms with van der Waals surface area (Å²) in [4.78, 5) is 16.1. The number of imidazole rings is 1. The van der Waals surface area contributed by atoms with Gasteiger partial charge in [0.25, 0.3) is 0 Å². The topological polar surface area (TPSA) is 88.8 Å². The maximum Gasteiger partial charge on any atom is 0.241 e. The van der Waals surface area contributed by atoms with Crippen LogP contribution in [0.15, 0.2) is 18.7 Å². The first-order valence-electron chi connectivity index (χ1n) is 5.54. The predicted octanol–water partition coefficient (Wildman–Crippen LogP) is 0.895. The average molecular weight is 269 g/mol. The molecule has 0 aliphatic carbocycles. The molecule has 0 bridgehead atoms. The molecular formula is C10H13ClN6O. The van der Waals surface area contributed by atoms with Gasteiger partial charge in [0.15, 0.2) is 0 Å². The third-order valence-corrected chi connectivity index (χ3v) is 2.37. The Balaban J connectivity index is 2.07. The summed E-state index contributed by atoms with van der Waals surface area (Å²) in [6, 6.07) is 0. The van der Waals surface area contributed by atoms with E-state index >= 15 is 0 Å². The lowest BCUT2D eigenvalue weighted by Gasteiger charge is -2.06. The summed E-state index contributed by atoms with van der Waals surface area (Å²) >= 11 is 5.83. The molecule has 0 aliphatic rings. The van der Waals surface area contributed by atoms with Crippen molar-refractivity contribution in [3.05, 3.63) is 24.0 Å². The first-order chi connectivity index (χ1) is 8.79. The third-order valence-electron chi connectivity index (χ3n) is 2.20. The molecular weight excluding hydrogens is 256 g/mol. The fourth-order valence-corrected chi connectivity index (χ4v) is 1.50. The minimum atomic E-state index is 0.123. The number of aliphatic hydroxyl groups is 1. The number of aromatic nitrogens is 5. The summed E-state index contributed by atoms with van der Waals surface area (Å²) in [5.41, 5.74) is 0. The zero-order valence-corrected chi connectivity index (χ0v) is 10.4. The van der Waals surface area contributed by atoms with Crippen molar-refractivity contribution >= 4 is 17.5 Å². The second kappa shape index (κ2) is 6.27. The first kappa shape index (κ1) is 12.7. The number of aliphatic hydroxyl groups excluding tert-OH is 1. The highest BCUT2D eigenvalue weighted by Crippen LogP contribution is 2.09. The molecule has 0 atom stereocenters. The van der Waals surface area contributed by atoms with Gasteiger partial charge in [-0.3, -0.25) is 4.57 Å². The van der Waals surface area contributed by atoms with E-state index in [1.54, 1.807) is 23.3 Å². The molecule has 8 heteroatoms. The molecule has 0 radical (unpaired) electrons. The molecule has 0 fully saturated rings. The van der Waals surface area contributed by atoms with Crippen LogP contribution in [-0.4, -0.2) is 42.8 Å². The lowest BCUT2D eigenvalue weighted by molar-refractivity contribution is 0.286. The van der Waals surface area contributed by atoms with E-state index in [9.17, 15) is 0 Å². The van der Waals surface area contributed by atoms with Crippen molar-refractivity contribution < 1.29 is 5.11 Å². The van der Waals surface area contributed by atoms with Crippen LogP contribution in [0.5, 0.6) is 0 Å². The Morgan fingerprint density at radius 1 is 1.28 bits per heavy atom. The van der Waals surface area contributed by atoms with Gasteiger partial charge in [0.05, 0.1) is 0 Å². The van der Waals surface area contributed by atoms with Gasteiger partial charge in [-0.1, -0.05) is 0 Å². The van der Waals surface area contributed by atoms with Gasteiger partial charge in [0.2, 0.25) is 17.2 Å². The van der Waals surface area contributed by atoms with Crippen LogP contribution in [0.25, 0.3) is 5.95 Å². The van der Waals surface area contributed by atoms with Crippen LogP contribution in [0, 0.1) is 0 Å². The van der Waals surface area contributed by atoms with Crippen molar-refractivity contribution in [3.8, 4) is 5.95 Å². The van der Waals surface area contributed by atoms with Gasteiger partial charge < -0.3 is 10.4 Å². The largest absolute Gasteiger partial charge is 0.396 e. The van der Waals surface area contributed by atoms with Crippen molar-refractivity contribution in [3.63, 3.8) is 0 Å². The van der Waals surface area contributed by atoms with E-state index in [0.29, 0.717) is 18.4 Å². The van der Waals surface area contributed by atoms with E-state index in [0.717, 1.165) is 12.8 Å². The molecule has 2 rings (SSSR count). The molecule has 0 saturated heterocycles. The highest BCUT2D eigenvalue weighted by Gasteiger charge is 2.05. The Bertz CT molecular complexity index is 489. The molecule has 2 aromatic heterocycles. The molecule has 0 saturated carbocycles. The standard InChI is InChI=1S/C10H13ClN6O/c11-8-14-9(13-3-1-2-6-18)16-10(15-8)17-5-4-12-7-17/h4-5,7,18H,1-3,6H2,(H,13,14,15,16). The van der Waals surface area contributed by atoms with E-state index in [4.69, 9.17) is 16.7 Å². The van der Waals surface area contributed by atoms with Crippen LogP contribution >= 0.6 is 11.6 Å². The van der Waals surface area contributed by atoms with E-state index < -0.39 is 0 Å². The van der Waals surface area contributed by atoms with Crippen LogP contribution in [0.2, 0.25) is 5.28 Å². The minimum Gasteiger partial charge on any atom is -0.396 e. The molecule has 2 N–H and O–H groups in total. The van der Waals surface area contributed by atoms with Crippen LogP contribution in [0.4, 0.5) is 5.95 Å². The highest BCUT2D eigenvalue weighted by molar-refractivity contribution is 6.28. The number of anilines is 1. The summed E-state index contributed by atoms with van der Waals surface area (Å²) in [6.45, 7) is 0.851. The van der Waals surface area contributed by atoms with E-state index in [1.807, 2.05) is 0 Å². The number of nitrogens with one attached hydrogen (secondary N) is 1. The molecule has 0 spiro atoms. The Labute approximate surface area is 109 Å². The van der Waals surface area contributed by atoms with E-state index in [1.165, 1.54) is 0 Å². The summed E-state index contributed by atoms with van der Waals surface area (Å²) in [6.07, 6.45) is 6.51. The van der Waals surface area contributed by atoms with Crippen LogP contribution in [-0.2, 0) is 0 Å². The average Bonchev–Trinajstić information content (AvgIpc) is 2.88. The van der Waals surface area contributed by atoms with Crippen LogP contribution < -0.4 is 5.32 Å². The second-order valence-electron chi connectivity index (χ2n) is 3.56. The van der Waals surface area contributed by atoms with Crippen LogP contribution in [0.3, 0.4) is 0 Å².